The summed E-state index contributed by atoms with van der Waals surface area (Å²) < 4.78 is 14.4. The molecule has 3 aliphatic rings. The summed E-state index contributed by atoms with van der Waals surface area (Å²) in [6.07, 6.45) is 3.83. The lowest BCUT2D eigenvalue weighted by Gasteiger charge is -2.45. The number of amides is 2. The Labute approximate surface area is 269 Å². The maximum Gasteiger partial charge on any atom is 0.412 e. The summed E-state index contributed by atoms with van der Waals surface area (Å²) in [6, 6.07) is 7.96. The number of fused-ring (bicyclic) bond motifs is 4. The SMILES string of the molecule is CSc1nc2c(c(N3CCCn4nc(C(=O)N(C)C)cc4C3)n1)COC1(C2)c2cc(NC(=O)OC(C)(C)C)ccc2CC1(C)C. The monoisotopic (exact) mass is 633 g/mol. The van der Waals surface area contributed by atoms with Crippen molar-refractivity contribution in [1.29, 1.82) is 0 Å². The van der Waals surface area contributed by atoms with E-state index in [9.17, 15) is 9.59 Å². The lowest BCUT2D eigenvalue weighted by molar-refractivity contribution is -0.139. The highest BCUT2D eigenvalue weighted by Gasteiger charge is 2.56. The smallest absolute Gasteiger partial charge is 0.412 e. The van der Waals surface area contributed by atoms with Gasteiger partial charge in [0.25, 0.3) is 5.91 Å². The van der Waals surface area contributed by atoms with Crippen molar-refractivity contribution in [3.8, 4) is 0 Å². The first-order valence-electron chi connectivity index (χ1n) is 15.4. The molecular formula is C33H43N7O4S. The molecule has 0 bridgehead atoms. The van der Waals surface area contributed by atoms with Gasteiger partial charge in [-0.05, 0) is 69.2 Å². The zero-order valence-electron chi connectivity index (χ0n) is 27.5. The van der Waals surface area contributed by atoms with Gasteiger partial charge in [-0.1, -0.05) is 31.7 Å². The van der Waals surface area contributed by atoms with Crippen molar-refractivity contribution in [2.45, 2.75) is 89.9 Å². The minimum absolute atomic E-state index is 0.103. The van der Waals surface area contributed by atoms with E-state index in [1.165, 1.54) is 17.3 Å². The Bertz CT molecular complexity index is 1660. The van der Waals surface area contributed by atoms with E-state index < -0.39 is 17.3 Å². The number of nitrogens with one attached hydrogen (secondary N) is 1. The van der Waals surface area contributed by atoms with Crippen LogP contribution >= 0.6 is 11.8 Å². The number of aryl methyl sites for hydroxylation is 1. The molecule has 6 rings (SSSR count). The molecule has 0 saturated heterocycles. The molecule has 240 valence electrons. The quantitative estimate of drug-likeness (QED) is 0.298. The van der Waals surface area contributed by atoms with Crippen LogP contribution in [0.15, 0.2) is 29.4 Å². The molecule has 1 N–H and O–H groups in total. The Morgan fingerprint density at radius 2 is 1.89 bits per heavy atom. The average Bonchev–Trinajstić information content (AvgIpc) is 3.36. The molecule has 4 heterocycles. The molecule has 45 heavy (non-hydrogen) atoms. The highest BCUT2D eigenvalue weighted by Crippen LogP contribution is 2.57. The second-order valence-electron chi connectivity index (χ2n) is 14.0. The summed E-state index contributed by atoms with van der Waals surface area (Å²) in [5.74, 6) is 0.777. The van der Waals surface area contributed by atoms with Crippen LogP contribution < -0.4 is 10.2 Å². The van der Waals surface area contributed by atoms with Crippen molar-refractivity contribution in [2.24, 2.45) is 5.41 Å². The number of rotatable bonds is 4. The van der Waals surface area contributed by atoms with Crippen molar-refractivity contribution < 1.29 is 19.1 Å². The molecular weight excluding hydrogens is 590 g/mol. The maximum atomic E-state index is 12.6. The molecule has 1 atom stereocenters. The first kappa shape index (κ1) is 31.3. The van der Waals surface area contributed by atoms with Crippen LogP contribution in [0.25, 0.3) is 0 Å². The van der Waals surface area contributed by atoms with Gasteiger partial charge in [-0.15, -0.1) is 0 Å². The number of carbonyl (C=O) groups is 2. The first-order valence-corrected chi connectivity index (χ1v) is 16.7. The molecule has 2 aliphatic heterocycles. The molecule has 3 aromatic rings. The van der Waals surface area contributed by atoms with Gasteiger partial charge in [-0.3, -0.25) is 14.8 Å². The van der Waals surface area contributed by atoms with Gasteiger partial charge < -0.3 is 19.3 Å². The zero-order valence-corrected chi connectivity index (χ0v) is 28.3. The highest BCUT2D eigenvalue weighted by molar-refractivity contribution is 7.98. The lowest BCUT2D eigenvalue weighted by atomic mass is 9.71. The molecule has 11 nitrogen and oxygen atoms in total. The van der Waals surface area contributed by atoms with Gasteiger partial charge in [-0.25, -0.2) is 14.8 Å². The molecule has 1 unspecified atom stereocenters. The van der Waals surface area contributed by atoms with Crippen LogP contribution in [0.5, 0.6) is 0 Å². The summed E-state index contributed by atoms with van der Waals surface area (Å²) in [7, 11) is 3.48. The van der Waals surface area contributed by atoms with Gasteiger partial charge in [0.15, 0.2) is 10.9 Å². The van der Waals surface area contributed by atoms with Crippen LogP contribution in [0.2, 0.25) is 0 Å². The van der Waals surface area contributed by atoms with Gasteiger partial charge in [-0.2, -0.15) is 5.10 Å². The first-order chi connectivity index (χ1) is 21.2. The number of hydrogen-bond donors (Lipinski definition) is 1. The topological polar surface area (TPSA) is 115 Å². The van der Waals surface area contributed by atoms with Crippen LogP contribution in [0.3, 0.4) is 0 Å². The van der Waals surface area contributed by atoms with E-state index in [0.29, 0.717) is 31.0 Å². The fourth-order valence-corrected chi connectivity index (χ4v) is 7.18. The van der Waals surface area contributed by atoms with E-state index in [4.69, 9.17) is 19.4 Å². The number of carbonyl (C=O) groups excluding carboxylic acids is 2. The number of benzene rings is 1. The molecule has 1 spiro atoms. The van der Waals surface area contributed by atoms with Gasteiger partial charge in [0.05, 0.1) is 24.5 Å². The summed E-state index contributed by atoms with van der Waals surface area (Å²) in [5, 5.41) is 8.25. The maximum absolute atomic E-state index is 12.6. The minimum atomic E-state index is -0.624. The molecule has 1 aromatic carbocycles. The third-order valence-electron chi connectivity index (χ3n) is 8.97. The Balaban J connectivity index is 1.34. The standard InChI is InChI=1S/C33H43N7O4S/c1-31(2,3)44-30(42)34-21-11-10-20-16-32(4,5)33(24(20)14-21)17-26-23(19-43-33)27(36-29(35-26)45-8)39-12-9-13-40-22(18-39)15-25(37-40)28(41)38(6)7/h10-11,14-15H,9,12-13,16-19H2,1-8H3,(H,34,42). The van der Waals surface area contributed by atoms with E-state index in [0.717, 1.165) is 59.4 Å². The molecule has 12 heteroatoms. The van der Waals surface area contributed by atoms with E-state index >= 15 is 0 Å². The predicted octanol–water partition coefficient (Wildman–Crippen LogP) is 5.40. The number of hydrogen-bond acceptors (Lipinski definition) is 9. The van der Waals surface area contributed by atoms with Crippen molar-refractivity contribution in [1.82, 2.24) is 24.6 Å². The van der Waals surface area contributed by atoms with Crippen LogP contribution in [0.4, 0.5) is 16.3 Å². The lowest BCUT2D eigenvalue weighted by Crippen LogP contribution is -2.46. The summed E-state index contributed by atoms with van der Waals surface area (Å²) in [6.45, 7) is 12.5. The van der Waals surface area contributed by atoms with Crippen molar-refractivity contribution in [3.63, 3.8) is 0 Å². The van der Waals surface area contributed by atoms with Crippen molar-refractivity contribution in [2.75, 3.05) is 37.1 Å². The van der Waals surface area contributed by atoms with Gasteiger partial charge in [0, 0.05) is 50.3 Å². The molecule has 2 amide bonds. The Morgan fingerprint density at radius 1 is 1.11 bits per heavy atom. The number of thioether (sulfide) groups is 1. The molecule has 1 aliphatic carbocycles. The van der Waals surface area contributed by atoms with Crippen molar-refractivity contribution >= 4 is 35.3 Å². The molecule has 2 aromatic heterocycles. The second kappa shape index (κ2) is 11.3. The van der Waals surface area contributed by atoms with Crippen LogP contribution in [0, 0.1) is 5.41 Å². The van der Waals surface area contributed by atoms with E-state index in [1.807, 2.05) is 49.9 Å². The summed E-state index contributed by atoms with van der Waals surface area (Å²) in [5.41, 5.74) is 4.97. The third-order valence-corrected chi connectivity index (χ3v) is 9.51. The summed E-state index contributed by atoms with van der Waals surface area (Å²) in [4.78, 5) is 39.1. The van der Waals surface area contributed by atoms with E-state index in [2.05, 4.69) is 35.2 Å². The number of ether oxygens (including phenoxy) is 2. The van der Waals surface area contributed by atoms with Crippen LogP contribution in [-0.2, 0) is 47.6 Å². The number of nitrogens with zero attached hydrogens (tertiary/aromatic N) is 6. The molecule has 0 radical (unpaired) electrons. The fourth-order valence-electron chi connectivity index (χ4n) is 6.80. The Kier molecular flexibility index (Phi) is 7.88. The molecule has 0 saturated carbocycles. The van der Waals surface area contributed by atoms with Crippen molar-refractivity contribution in [3.05, 3.63) is 58.0 Å². The number of anilines is 2. The van der Waals surface area contributed by atoms with Gasteiger partial charge >= 0.3 is 6.09 Å². The van der Waals surface area contributed by atoms with Gasteiger partial charge in [0.2, 0.25) is 0 Å². The largest absolute Gasteiger partial charge is 0.444 e. The fraction of sp³-hybridized carbons (Fsp3) is 0.545. The second-order valence-corrected chi connectivity index (χ2v) is 14.8. The van der Waals surface area contributed by atoms with Gasteiger partial charge in [0.1, 0.15) is 17.0 Å². The Hall–Kier alpha value is -3.64. The number of aromatic nitrogens is 4. The average molecular weight is 634 g/mol. The van der Waals surface area contributed by atoms with E-state index in [-0.39, 0.29) is 11.3 Å². The third kappa shape index (κ3) is 5.78. The normalized spacial score (nSPS) is 20.2. The van der Waals surface area contributed by atoms with Crippen LogP contribution in [-0.4, -0.2) is 69.1 Å². The van der Waals surface area contributed by atoms with E-state index in [1.54, 1.807) is 19.0 Å². The highest BCUT2D eigenvalue weighted by atomic mass is 32.2. The summed E-state index contributed by atoms with van der Waals surface area (Å²) >= 11 is 1.53. The predicted molar refractivity (Wildman–Crippen MR) is 174 cm³/mol. The molecule has 0 fully saturated rings. The minimum Gasteiger partial charge on any atom is -0.444 e. The zero-order chi connectivity index (χ0) is 32.3. The Morgan fingerprint density at radius 3 is 2.60 bits per heavy atom. The van der Waals surface area contributed by atoms with Crippen LogP contribution in [0.1, 0.15) is 79.6 Å².